The van der Waals surface area contributed by atoms with Gasteiger partial charge in [0.2, 0.25) is 0 Å². The number of carboxylic acids is 2. The molecular weight excluding hydrogens is 662 g/mol. The average molecular weight is 686 g/mol. The third-order valence-corrected chi connectivity index (χ3v) is 9.04. The third kappa shape index (κ3) is 5.20. The number of hydrogen-bond donors (Lipinski definition) is 2. The van der Waals surface area contributed by atoms with E-state index in [0.717, 1.165) is 20.9 Å². The van der Waals surface area contributed by atoms with Crippen molar-refractivity contribution in [2.45, 2.75) is 0 Å². The van der Waals surface area contributed by atoms with E-state index in [1.165, 1.54) is 36.4 Å². The summed E-state index contributed by atoms with van der Waals surface area (Å²) in [6.07, 6.45) is 0. The highest BCUT2D eigenvalue weighted by atomic mass is 16.4. The van der Waals surface area contributed by atoms with Crippen LogP contribution in [0, 0.1) is 0 Å². The Morgan fingerprint density at radius 1 is 0.423 bits per heavy atom. The van der Waals surface area contributed by atoms with E-state index in [1.807, 2.05) is 42.5 Å². The van der Waals surface area contributed by atoms with Crippen LogP contribution in [0.5, 0.6) is 0 Å². The number of aromatic nitrogens is 1. The van der Waals surface area contributed by atoms with E-state index < -0.39 is 35.6 Å². The van der Waals surface area contributed by atoms with Gasteiger partial charge in [0.15, 0.2) is 0 Å². The highest BCUT2D eigenvalue weighted by molar-refractivity contribution is 6.35. The topological polar surface area (TPSA) is 162 Å². The normalized spacial score (nSPS) is 13.4. The zero-order chi connectivity index (χ0) is 36.3. The molecule has 0 radical (unpaired) electrons. The largest absolute Gasteiger partial charge is 0.478 e. The fourth-order valence-corrected chi connectivity index (χ4v) is 6.40. The number of carbonyl (C=O) groups is 6. The van der Waals surface area contributed by atoms with E-state index >= 15 is 0 Å². The molecule has 2 aliphatic rings. The number of aromatic carboxylic acids is 2. The molecule has 5 aromatic carbocycles. The average Bonchev–Trinajstić information content (AvgIpc) is 3.57. The molecule has 0 aliphatic carbocycles. The van der Waals surface area contributed by atoms with Crippen molar-refractivity contribution in [1.29, 1.82) is 0 Å². The van der Waals surface area contributed by atoms with Gasteiger partial charge in [-0.05, 0) is 83.9 Å². The van der Waals surface area contributed by atoms with Crippen molar-refractivity contribution in [3.63, 3.8) is 0 Å². The molecule has 0 unspecified atom stereocenters. The maximum atomic E-state index is 13.2. The summed E-state index contributed by atoms with van der Waals surface area (Å²) in [5.74, 6) is -4.73. The van der Waals surface area contributed by atoms with Gasteiger partial charge in [-0.1, -0.05) is 54.6 Å². The molecule has 0 atom stereocenters. The number of hydrogen-bond acceptors (Lipinski definition) is 7. The number of carboxylic acid groups (broad SMARTS) is 2. The second-order valence-corrected chi connectivity index (χ2v) is 12.1. The van der Waals surface area contributed by atoms with Crippen molar-refractivity contribution >= 4 is 46.9 Å². The molecule has 4 amide bonds. The first-order valence-corrected chi connectivity index (χ1v) is 15.9. The van der Waals surface area contributed by atoms with E-state index in [0.29, 0.717) is 33.9 Å². The highest BCUT2D eigenvalue weighted by Crippen LogP contribution is 2.35. The van der Waals surface area contributed by atoms with Crippen molar-refractivity contribution in [3.05, 3.63) is 161 Å². The van der Waals surface area contributed by atoms with Gasteiger partial charge in [0.05, 0.1) is 56.1 Å². The molecule has 2 N–H and O–H groups in total. The molecule has 1 aromatic heterocycles. The van der Waals surface area contributed by atoms with Crippen molar-refractivity contribution in [2.24, 2.45) is 0 Å². The summed E-state index contributed by atoms with van der Waals surface area (Å²) in [7, 11) is 0. The molecule has 250 valence electrons. The second kappa shape index (κ2) is 12.1. The van der Waals surface area contributed by atoms with Crippen LogP contribution in [0.3, 0.4) is 0 Å². The lowest BCUT2D eigenvalue weighted by Crippen LogP contribution is -2.29. The van der Waals surface area contributed by atoms with E-state index in [4.69, 9.17) is 4.98 Å². The Morgan fingerprint density at radius 3 is 1.23 bits per heavy atom. The smallest absolute Gasteiger partial charge is 0.335 e. The maximum Gasteiger partial charge on any atom is 0.335 e. The van der Waals surface area contributed by atoms with Crippen LogP contribution >= 0.6 is 0 Å². The van der Waals surface area contributed by atoms with Crippen LogP contribution in [0.1, 0.15) is 62.1 Å². The van der Waals surface area contributed by atoms with E-state index in [2.05, 4.69) is 0 Å². The van der Waals surface area contributed by atoms with Gasteiger partial charge in [0.1, 0.15) is 0 Å². The first-order valence-electron chi connectivity index (χ1n) is 15.9. The quantitative estimate of drug-likeness (QED) is 0.167. The van der Waals surface area contributed by atoms with Gasteiger partial charge >= 0.3 is 11.9 Å². The molecule has 2 aliphatic heterocycles. The molecule has 0 bridgehead atoms. The van der Waals surface area contributed by atoms with Crippen LogP contribution in [0.2, 0.25) is 0 Å². The molecule has 6 aromatic rings. The number of rotatable bonds is 7. The van der Waals surface area contributed by atoms with Gasteiger partial charge in [-0.3, -0.25) is 19.2 Å². The van der Waals surface area contributed by atoms with Crippen LogP contribution in [-0.2, 0) is 0 Å². The molecular formula is C41H23N3O8. The Bertz CT molecular complexity index is 2390. The van der Waals surface area contributed by atoms with Crippen LogP contribution in [0.25, 0.3) is 33.6 Å². The summed E-state index contributed by atoms with van der Waals surface area (Å²) in [6.45, 7) is 0. The Hall–Kier alpha value is -7.53. The first-order chi connectivity index (χ1) is 25.1. The zero-order valence-electron chi connectivity index (χ0n) is 26.8. The highest BCUT2D eigenvalue weighted by Gasteiger charge is 2.38. The first kappa shape index (κ1) is 31.7. The number of fused-ring (bicyclic) bond motifs is 2. The summed E-state index contributed by atoms with van der Waals surface area (Å²) in [6, 6.07) is 34.7. The number of pyridine rings is 1. The fraction of sp³-hybridized carbons (Fsp3) is 0. The lowest BCUT2D eigenvalue weighted by atomic mass is 9.99. The van der Waals surface area contributed by atoms with Crippen molar-refractivity contribution in [3.8, 4) is 33.6 Å². The number of amides is 4. The Kier molecular flexibility index (Phi) is 7.39. The van der Waals surface area contributed by atoms with Crippen LogP contribution < -0.4 is 9.80 Å². The predicted octanol–water partition coefficient (Wildman–Crippen LogP) is 7.08. The fourth-order valence-electron chi connectivity index (χ4n) is 6.40. The Balaban J connectivity index is 1.12. The third-order valence-electron chi connectivity index (χ3n) is 9.04. The molecule has 8 rings (SSSR count). The predicted molar refractivity (Wildman–Crippen MR) is 190 cm³/mol. The lowest BCUT2D eigenvalue weighted by Gasteiger charge is -2.16. The second-order valence-electron chi connectivity index (χ2n) is 12.1. The Labute approximate surface area is 294 Å². The van der Waals surface area contributed by atoms with Gasteiger partial charge in [-0.15, -0.1) is 0 Å². The molecule has 3 heterocycles. The van der Waals surface area contributed by atoms with Crippen LogP contribution in [-0.4, -0.2) is 50.8 Å². The molecule has 0 saturated carbocycles. The van der Waals surface area contributed by atoms with E-state index in [1.54, 1.807) is 48.5 Å². The number of nitrogens with zero attached hydrogens (tertiary/aromatic N) is 3. The van der Waals surface area contributed by atoms with Crippen molar-refractivity contribution in [2.75, 3.05) is 9.80 Å². The molecule has 0 spiro atoms. The van der Waals surface area contributed by atoms with Gasteiger partial charge in [-0.2, -0.15) is 0 Å². The summed E-state index contributed by atoms with van der Waals surface area (Å²) in [5, 5.41) is 18.7. The summed E-state index contributed by atoms with van der Waals surface area (Å²) in [4.78, 5) is 82.6. The minimum Gasteiger partial charge on any atom is -0.478 e. The standard InChI is InChI=1S/C41H23N3O8/c45-36-30-16-10-25(40(49)50)18-32(30)38(47)43(36)28-12-6-23(7-13-28)34-20-27(22-4-2-1-3-5-22)21-35(42-34)24-8-14-29(15-9-24)44-37(46)31-17-11-26(41(51)52)19-33(31)39(44)48/h1-21H,(H,49,50)(H,51,52). The molecule has 52 heavy (non-hydrogen) atoms. The summed E-state index contributed by atoms with van der Waals surface area (Å²) >= 11 is 0. The van der Waals surface area contributed by atoms with Crippen molar-refractivity contribution < 1.29 is 39.0 Å². The number of imide groups is 2. The molecule has 0 fully saturated rings. The minimum atomic E-state index is -1.20. The van der Waals surface area contributed by atoms with Gasteiger partial charge in [0, 0.05) is 11.1 Å². The molecule has 0 saturated heterocycles. The van der Waals surface area contributed by atoms with Crippen LogP contribution in [0.15, 0.2) is 127 Å². The zero-order valence-corrected chi connectivity index (χ0v) is 26.8. The van der Waals surface area contributed by atoms with Gasteiger partial charge in [-0.25, -0.2) is 24.4 Å². The minimum absolute atomic E-state index is 0.0252. The number of anilines is 2. The summed E-state index contributed by atoms with van der Waals surface area (Å²) in [5.41, 5.74) is 5.11. The van der Waals surface area contributed by atoms with Crippen molar-refractivity contribution in [1.82, 2.24) is 4.98 Å². The molecule has 11 heteroatoms. The lowest BCUT2D eigenvalue weighted by molar-refractivity contribution is 0.0686. The SMILES string of the molecule is O=C(O)c1ccc2c(c1)C(=O)N(c1ccc(-c3cc(-c4ccccc4)cc(-c4ccc(N5C(=O)c6ccc(C(=O)O)cc6C5=O)cc4)n3)cc1)C2=O. The van der Waals surface area contributed by atoms with E-state index in [-0.39, 0.29) is 33.4 Å². The number of benzene rings is 5. The van der Waals surface area contributed by atoms with E-state index in [9.17, 15) is 39.0 Å². The van der Waals surface area contributed by atoms with Gasteiger partial charge in [0.25, 0.3) is 23.6 Å². The monoisotopic (exact) mass is 685 g/mol. The summed E-state index contributed by atoms with van der Waals surface area (Å²) < 4.78 is 0. The van der Waals surface area contributed by atoms with Gasteiger partial charge < -0.3 is 10.2 Å². The van der Waals surface area contributed by atoms with Crippen LogP contribution in [0.4, 0.5) is 11.4 Å². The number of carbonyl (C=O) groups excluding carboxylic acids is 4. The molecule has 11 nitrogen and oxygen atoms in total. The maximum absolute atomic E-state index is 13.2. The Morgan fingerprint density at radius 2 is 0.827 bits per heavy atom.